The lowest BCUT2D eigenvalue weighted by Gasteiger charge is -2.18. The lowest BCUT2D eigenvalue weighted by atomic mass is 10.1. The van der Waals surface area contributed by atoms with Gasteiger partial charge in [0.05, 0.1) is 5.69 Å². The number of benzene rings is 1. The molecule has 1 aromatic carbocycles. The minimum absolute atomic E-state index is 0.560. The van der Waals surface area contributed by atoms with Crippen molar-refractivity contribution in [3.8, 4) is 11.3 Å². The predicted molar refractivity (Wildman–Crippen MR) is 81.5 cm³/mol. The lowest BCUT2D eigenvalue weighted by molar-refractivity contribution is 0.821. The summed E-state index contributed by atoms with van der Waals surface area (Å²) in [7, 11) is 0. The average molecular weight is 273 g/mol. The first-order chi connectivity index (χ1) is 9.33. The van der Waals surface area contributed by atoms with Crippen molar-refractivity contribution in [3.63, 3.8) is 0 Å². The fourth-order valence-electron chi connectivity index (χ4n) is 2.36. The van der Waals surface area contributed by atoms with Gasteiger partial charge in [0.2, 0.25) is 0 Å². The summed E-state index contributed by atoms with van der Waals surface area (Å²) in [5.41, 5.74) is 8.11. The second kappa shape index (κ2) is 5.31. The van der Waals surface area contributed by atoms with E-state index in [9.17, 15) is 0 Å². The van der Waals surface area contributed by atoms with Crippen LogP contribution in [0.4, 0.5) is 5.13 Å². The lowest BCUT2D eigenvalue weighted by Crippen LogP contribution is -2.24. The second-order valence-corrected chi connectivity index (χ2v) is 5.92. The number of anilines is 1. The maximum absolute atomic E-state index is 5.89. The van der Waals surface area contributed by atoms with E-state index in [4.69, 9.17) is 10.7 Å². The van der Waals surface area contributed by atoms with E-state index in [1.54, 1.807) is 11.3 Å². The van der Waals surface area contributed by atoms with Gasteiger partial charge in [-0.25, -0.2) is 4.98 Å². The fourth-order valence-corrected chi connectivity index (χ4v) is 3.45. The second-order valence-electron chi connectivity index (χ2n) is 4.86. The Morgan fingerprint density at radius 1 is 1.32 bits per heavy atom. The Morgan fingerprint density at radius 2 is 2.05 bits per heavy atom. The van der Waals surface area contributed by atoms with Gasteiger partial charge < -0.3 is 10.6 Å². The summed E-state index contributed by atoms with van der Waals surface area (Å²) in [5, 5.41) is 1.13. The minimum atomic E-state index is 0.560. The van der Waals surface area contributed by atoms with Gasteiger partial charge in [0.15, 0.2) is 5.13 Å². The molecule has 2 aromatic rings. The molecule has 0 spiro atoms. The van der Waals surface area contributed by atoms with Crippen molar-refractivity contribution in [2.45, 2.75) is 32.4 Å². The largest absolute Gasteiger partial charge is 0.345 e. The molecule has 4 heteroatoms. The van der Waals surface area contributed by atoms with Crippen molar-refractivity contribution in [3.05, 3.63) is 35.2 Å². The normalized spacial score (nSPS) is 14.6. The third kappa shape index (κ3) is 2.51. The number of hydrogen-bond acceptors (Lipinski definition) is 4. The van der Waals surface area contributed by atoms with Crippen LogP contribution in [0.1, 0.15) is 24.6 Å². The molecule has 0 saturated heterocycles. The predicted octanol–water partition coefficient (Wildman–Crippen LogP) is 3.26. The molecule has 1 aromatic heterocycles. The highest BCUT2D eigenvalue weighted by Gasteiger charge is 2.30. The van der Waals surface area contributed by atoms with Crippen LogP contribution in [-0.4, -0.2) is 17.6 Å². The first-order valence-corrected chi connectivity index (χ1v) is 7.67. The maximum Gasteiger partial charge on any atom is 0.186 e. The first-order valence-electron chi connectivity index (χ1n) is 6.85. The fraction of sp³-hybridized carbons (Fsp3) is 0.400. The molecule has 1 aliphatic carbocycles. The Labute approximate surface area is 118 Å². The molecule has 0 bridgehead atoms. The highest BCUT2D eigenvalue weighted by atomic mass is 32.1. The molecule has 0 unspecified atom stereocenters. The summed E-state index contributed by atoms with van der Waals surface area (Å²) in [6.07, 6.45) is 2.60. The average Bonchev–Trinajstić information content (AvgIpc) is 3.19. The zero-order chi connectivity index (χ0) is 13.2. The van der Waals surface area contributed by atoms with Crippen LogP contribution >= 0.6 is 11.3 Å². The van der Waals surface area contributed by atoms with Gasteiger partial charge in [-0.3, -0.25) is 0 Å². The summed E-state index contributed by atoms with van der Waals surface area (Å²) in [6, 6.07) is 11.0. The van der Waals surface area contributed by atoms with E-state index in [0.717, 1.165) is 22.9 Å². The van der Waals surface area contributed by atoms with Crippen molar-refractivity contribution in [1.82, 2.24) is 4.98 Å². The number of hydrogen-bond donors (Lipinski definition) is 1. The maximum atomic E-state index is 5.89. The van der Waals surface area contributed by atoms with Crippen molar-refractivity contribution >= 4 is 16.5 Å². The van der Waals surface area contributed by atoms with Crippen LogP contribution in [0.25, 0.3) is 11.3 Å². The van der Waals surface area contributed by atoms with Crippen molar-refractivity contribution in [2.75, 3.05) is 11.4 Å². The van der Waals surface area contributed by atoms with E-state index in [1.807, 2.05) is 18.2 Å². The van der Waals surface area contributed by atoms with Crippen LogP contribution in [-0.2, 0) is 6.54 Å². The molecule has 0 amide bonds. The molecule has 0 atom stereocenters. The summed E-state index contributed by atoms with van der Waals surface area (Å²) >= 11 is 1.75. The number of nitrogens with zero attached hydrogens (tertiary/aromatic N) is 2. The van der Waals surface area contributed by atoms with Gasteiger partial charge in [-0.1, -0.05) is 41.7 Å². The Morgan fingerprint density at radius 3 is 2.63 bits per heavy atom. The molecule has 0 aliphatic heterocycles. The van der Waals surface area contributed by atoms with Gasteiger partial charge in [0.1, 0.15) is 0 Å². The highest BCUT2D eigenvalue weighted by Crippen LogP contribution is 2.37. The molecule has 100 valence electrons. The molecule has 2 N–H and O–H groups in total. The SMILES string of the molecule is CCN(c1nc(-c2ccccc2)c(CN)s1)C1CC1. The zero-order valence-corrected chi connectivity index (χ0v) is 12.0. The van der Waals surface area contributed by atoms with Crippen LogP contribution < -0.4 is 10.6 Å². The van der Waals surface area contributed by atoms with E-state index >= 15 is 0 Å². The van der Waals surface area contributed by atoms with E-state index in [1.165, 1.54) is 17.7 Å². The zero-order valence-electron chi connectivity index (χ0n) is 11.2. The molecular weight excluding hydrogens is 254 g/mol. The van der Waals surface area contributed by atoms with Gasteiger partial charge in [-0.05, 0) is 19.8 Å². The Bertz CT molecular complexity index is 546. The van der Waals surface area contributed by atoms with Crippen LogP contribution in [0.5, 0.6) is 0 Å². The number of aromatic nitrogens is 1. The molecule has 1 heterocycles. The highest BCUT2D eigenvalue weighted by molar-refractivity contribution is 7.16. The van der Waals surface area contributed by atoms with E-state index < -0.39 is 0 Å². The number of rotatable bonds is 5. The van der Waals surface area contributed by atoms with Crippen molar-refractivity contribution < 1.29 is 0 Å². The Balaban J connectivity index is 1.98. The minimum Gasteiger partial charge on any atom is -0.345 e. The summed E-state index contributed by atoms with van der Waals surface area (Å²) in [6.45, 7) is 3.78. The molecular formula is C15H19N3S. The smallest absolute Gasteiger partial charge is 0.186 e. The van der Waals surface area contributed by atoms with Gasteiger partial charge in [-0.2, -0.15) is 0 Å². The summed E-state index contributed by atoms with van der Waals surface area (Å²) in [4.78, 5) is 8.44. The first kappa shape index (κ1) is 12.6. The molecule has 3 nitrogen and oxygen atoms in total. The summed E-state index contributed by atoms with van der Waals surface area (Å²) < 4.78 is 0. The van der Waals surface area contributed by atoms with Gasteiger partial charge in [0.25, 0.3) is 0 Å². The molecule has 0 radical (unpaired) electrons. The van der Waals surface area contributed by atoms with E-state index in [0.29, 0.717) is 12.6 Å². The Kier molecular flexibility index (Phi) is 3.53. The van der Waals surface area contributed by atoms with E-state index in [2.05, 4.69) is 24.0 Å². The summed E-state index contributed by atoms with van der Waals surface area (Å²) in [5.74, 6) is 0. The van der Waals surface area contributed by atoms with Crippen LogP contribution in [0.3, 0.4) is 0 Å². The van der Waals surface area contributed by atoms with Crippen molar-refractivity contribution in [1.29, 1.82) is 0 Å². The molecule has 19 heavy (non-hydrogen) atoms. The monoisotopic (exact) mass is 273 g/mol. The Hall–Kier alpha value is -1.39. The molecule has 1 saturated carbocycles. The molecule has 1 aliphatic rings. The van der Waals surface area contributed by atoms with Crippen molar-refractivity contribution in [2.24, 2.45) is 5.73 Å². The number of thiazole rings is 1. The standard InChI is InChI=1S/C15H19N3S/c1-2-18(12-8-9-12)15-17-14(13(10-16)19-15)11-6-4-3-5-7-11/h3-7,12H,2,8-10,16H2,1H3. The quantitative estimate of drug-likeness (QED) is 0.909. The number of nitrogens with two attached hydrogens (primary N) is 1. The molecule has 1 fully saturated rings. The third-order valence-electron chi connectivity index (χ3n) is 3.49. The van der Waals surface area contributed by atoms with Gasteiger partial charge in [-0.15, -0.1) is 0 Å². The molecule has 3 rings (SSSR count). The van der Waals surface area contributed by atoms with Gasteiger partial charge >= 0.3 is 0 Å². The third-order valence-corrected chi connectivity index (χ3v) is 4.61. The van der Waals surface area contributed by atoms with Crippen LogP contribution in [0.2, 0.25) is 0 Å². The van der Waals surface area contributed by atoms with E-state index in [-0.39, 0.29) is 0 Å². The van der Waals surface area contributed by atoms with Crippen LogP contribution in [0, 0.1) is 0 Å². The van der Waals surface area contributed by atoms with Gasteiger partial charge in [0, 0.05) is 29.6 Å². The van der Waals surface area contributed by atoms with Crippen LogP contribution in [0.15, 0.2) is 30.3 Å². The topological polar surface area (TPSA) is 42.2 Å².